The van der Waals surface area contributed by atoms with Crippen LogP contribution in [0.3, 0.4) is 0 Å². The second-order valence-corrected chi connectivity index (χ2v) is 4.15. The summed E-state index contributed by atoms with van der Waals surface area (Å²) in [6.45, 7) is -0.246. The predicted molar refractivity (Wildman–Crippen MR) is 54.1 cm³/mol. The first-order valence-electron chi connectivity index (χ1n) is 4.80. The summed E-state index contributed by atoms with van der Waals surface area (Å²) in [5.74, 6) is -1.94. The van der Waals surface area contributed by atoms with Crippen LogP contribution in [-0.2, 0) is 14.3 Å². The lowest BCUT2D eigenvalue weighted by molar-refractivity contribution is -0.902. The van der Waals surface area contributed by atoms with Crippen molar-refractivity contribution < 1.29 is 28.3 Å². The van der Waals surface area contributed by atoms with E-state index in [9.17, 15) is 14.0 Å². The molecular weight excluding hydrogens is 219 g/mol. The van der Waals surface area contributed by atoms with Crippen molar-refractivity contribution in [3.8, 4) is 0 Å². The molecule has 0 aliphatic carbocycles. The van der Waals surface area contributed by atoms with E-state index in [-0.39, 0.29) is 11.1 Å². The molecule has 0 aromatic carbocycles. The van der Waals surface area contributed by atoms with E-state index >= 15 is 0 Å². The van der Waals surface area contributed by atoms with Crippen LogP contribution in [0.15, 0.2) is 0 Å². The van der Waals surface area contributed by atoms with Crippen LogP contribution in [0.4, 0.5) is 4.39 Å². The summed E-state index contributed by atoms with van der Waals surface area (Å²) >= 11 is 0. The molecule has 94 valence electrons. The first-order chi connectivity index (χ1) is 7.28. The molecule has 0 amide bonds. The highest BCUT2D eigenvalue weighted by molar-refractivity contribution is 5.81. The van der Waals surface area contributed by atoms with Gasteiger partial charge in [-0.2, -0.15) is 4.39 Å². The number of nitrogens with two attached hydrogens (primary N) is 1. The van der Waals surface area contributed by atoms with Gasteiger partial charge in [0.15, 0.2) is 0 Å². The van der Waals surface area contributed by atoms with Crippen LogP contribution in [-0.4, -0.2) is 61.6 Å². The molecule has 0 spiro atoms. The first kappa shape index (κ1) is 14.8. The van der Waals surface area contributed by atoms with E-state index in [0.717, 1.165) is 0 Å². The maximum absolute atomic E-state index is 12.4. The predicted octanol–water partition coefficient (Wildman–Crippen LogP) is -0.665. The van der Waals surface area contributed by atoms with Crippen LogP contribution in [0.25, 0.3) is 0 Å². The average molecular weight is 237 g/mol. The Morgan fingerprint density at radius 3 is 2.50 bits per heavy atom. The summed E-state index contributed by atoms with van der Waals surface area (Å²) < 4.78 is 17.2. The summed E-state index contributed by atoms with van der Waals surface area (Å²) in [7, 11) is 3.29. The van der Waals surface area contributed by atoms with Crippen molar-refractivity contribution in [2.45, 2.75) is 12.5 Å². The molecular formula is C9H18FN2O4+. The fourth-order valence-corrected chi connectivity index (χ4v) is 0.832. The maximum Gasteiger partial charge on any atom is 0.323 e. The molecule has 0 aliphatic rings. The van der Waals surface area contributed by atoms with Gasteiger partial charge < -0.3 is 15.6 Å². The van der Waals surface area contributed by atoms with Gasteiger partial charge in [0.25, 0.3) is 0 Å². The molecule has 0 rings (SSSR count). The van der Waals surface area contributed by atoms with Gasteiger partial charge in [-0.3, -0.25) is 14.1 Å². The molecule has 0 aromatic heterocycles. The third-order valence-electron chi connectivity index (χ3n) is 1.96. The number of alkyl halides is 1. The molecule has 0 radical (unpaired) electrons. The monoisotopic (exact) mass is 237 g/mol. The number of hydrogen-bond acceptors (Lipinski definition) is 4. The molecule has 16 heavy (non-hydrogen) atoms. The molecule has 6 nitrogen and oxygen atoms in total. The van der Waals surface area contributed by atoms with E-state index in [1.165, 1.54) is 0 Å². The van der Waals surface area contributed by atoms with Crippen LogP contribution in [0.1, 0.15) is 6.42 Å². The second kappa shape index (κ2) is 6.39. The number of quaternary nitrogens is 1. The molecule has 0 saturated heterocycles. The van der Waals surface area contributed by atoms with Crippen molar-refractivity contribution in [2.24, 2.45) is 5.73 Å². The Hall–Kier alpha value is -1.21. The first-order valence-corrected chi connectivity index (χ1v) is 4.80. The minimum Gasteiger partial charge on any atom is -0.481 e. The maximum atomic E-state index is 12.4. The number of carbonyl (C=O) groups is 2. The van der Waals surface area contributed by atoms with E-state index in [1.54, 1.807) is 14.1 Å². The van der Waals surface area contributed by atoms with Gasteiger partial charge in [-0.15, -0.1) is 0 Å². The third-order valence-corrected chi connectivity index (χ3v) is 1.96. The van der Waals surface area contributed by atoms with Crippen LogP contribution in [0.2, 0.25) is 0 Å². The minimum absolute atomic E-state index is 0.0169. The minimum atomic E-state index is -1.17. The Kier molecular flexibility index (Phi) is 5.91. The largest absolute Gasteiger partial charge is 0.481 e. The standard InChI is InChI=1S/C9H17FN2O4/c1-12(2,6-10)3-4-16-9(15)7(11)5-8(13)14/h7H,3-6,11H2,1-2H3/p+1/t7-/m0/s1. The summed E-state index contributed by atoms with van der Waals surface area (Å²) in [5, 5.41) is 8.39. The van der Waals surface area contributed by atoms with Crippen LogP contribution >= 0.6 is 0 Å². The number of esters is 1. The summed E-state index contributed by atoms with van der Waals surface area (Å²) in [6, 6.07) is -1.17. The fraction of sp³-hybridized carbons (Fsp3) is 0.778. The Balaban J connectivity index is 3.85. The quantitative estimate of drug-likeness (QED) is 0.348. The molecule has 0 aliphatic heterocycles. The number of carboxylic acids is 1. The summed E-state index contributed by atoms with van der Waals surface area (Å²) in [4.78, 5) is 21.4. The molecule has 0 bridgehead atoms. The Morgan fingerprint density at radius 1 is 1.50 bits per heavy atom. The van der Waals surface area contributed by atoms with Gasteiger partial charge in [-0.1, -0.05) is 0 Å². The number of carboxylic acid groups (broad SMARTS) is 1. The molecule has 0 heterocycles. The lowest BCUT2D eigenvalue weighted by Gasteiger charge is -2.25. The van der Waals surface area contributed by atoms with Crippen molar-refractivity contribution in [1.29, 1.82) is 0 Å². The molecule has 0 fully saturated rings. The zero-order valence-corrected chi connectivity index (χ0v) is 9.48. The van der Waals surface area contributed by atoms with Crippen molar-refractivity contribution >= 4 is 11.9 Å². The molecule has 7 heteroatoms. The number of halogens is 1. The molecule has 0 aromatic rings. The van der Waals surface area contributed by atoms with Crippen molar-refractivity contribution in [2.75, 3.05) is 34.0 Å². The Labute approximate surface area is 93.4 Å². The number of aliphatic carboxylic acids is 1. The van der Waals surface area contributed by atoms with E-state index in [4.69, 9.17) is 15.6 Å². The van der Waals surface area contributed by atoms with Crippen molar-refractivity contribution in [3.05, 3.63) is 0 Å². The lowest BCUT2D eigenvalue weighted by atomic mass is 10.2. The van der Waals surface area contributed by atoms with Gasteiger partial charge in [0.05, 0.1) is 20.5 Å². The number of ether oxygens (including phenoxy) is 1. The van der Waals surface area contributed by atoms with Gasteiger partial charge in [0.2, 0.25) is 6.80 Å². The van der Waals surface area contributed by atoms with Gasteiger partial charge in [0, 0.05) is 0 Å². The van der Waals surface area contributed by atoms with E-state index in [1.807, 2.05) is 0 Å². The van der Waals surface area contributed by atoms with E-state index < -0.39 is 31.2 Å². The highest BCUT2D eigenvalue weighted by Gasteiger charge is 2.20. The molecule has 0 saturated carbocycles. The number of nitrogens with zero attached hydrogens (tertiary/aromatic N) is 1. The van der Waals surface area contributed by atoms with Crippen LogP contribution in [0, 0.1) is 0 Å². The zero-order chi connectivity index (χ0) is 12.8. The summed E-state index contributed by atoms with van der Waals surface area (Å²) in [5.41, 5.74) is 5.27. The number of likely N-dealkylation sites (N-methyl/N-ethyl adjacent to an activating group) is 1. The third kappa shape index (κ3) is 6.31. The smallest absolute Gasteiger partial charge is 0.323 e. The van der Waals surface area contributed by atoms with Crippen LogP contribution in [0.5, 0.6) is 0 Å². The SMILES string of the molecule is C[N+](C)(CF)CCOC(=O)[C@@H](N)CC(=O)O. The number of hydrogen-bond donors (Lipinski definition) is 2. The van der Waals surface area contributed by atoms with E-state index in [0.29, 0.717) is 6.54 Å². The Bertz CT molecular complexity index is 258. The van der Waals surface area contributed by atoms with Crippen LogP contribution < -0.4 is 5.73 Å². The molecule has 3 N–H and O–H groups in total. The highest BCUT2D eigenvalue weighted by atomic mass is 19.1. The molecule has 1 atom stereocenters. The number of rotatable bonds is 7. The van der Waals surface area contributed by atoms with Crippen molar-refractivity contribution in [3.63, 3.8) is 0 Å². The van der Waals surface area contributed by atoms with Gasteiger partial charge in [-0.25, -0.2) is 0 Å². The highest BCUT2D eigenvalue weighted by Crippen LogP contribution is 1.98. The Morgan fingerprint density at radius 2 is 2.06 bits per heavy atom. The zero-order valence-electron chi connectivity index (χ0n) is 9.48. The van der Waals surface area contributed by atoms with Gasteiger partial charge >= 0.3 is 11.9 Å². The van der Waals surface area contributed by atoms with Crippen molar-refractivity contribution in [1.82, 2.24) is 0 Å². The number of carbonyl (C=O) groups excluding carboxylic acids is 1. The van der Waals surface area contributed by atoms with E-state index in [2.05, 4.69) is 0 Å². The second-order valence-electron chi connectivity index (χ2n) is 4.15. The van der Waals surface area contributed by atoms with Gasteiger partial charge in [-0.05, 0) is 0 Å². The molecule has 0 unspecified atom stereocenters. The lowest BCUT2D eigenvalue weighted by Crippen LogP contribution is -2.43. The average Bonchev–Trinajstić information content (AvgIpc) is 2.16. The van der Waals surface area contributed by atoms with Gasteiger partial charge in [0.1, 0.15) is 19.2 Å². The summed E-state index contributed by atoms with van der Waals surface area (Å²) in [6.07, 6.45) is -0.472. The topological polar surface area (TPSA) is 89.6 Å². The normalized spacial score (nSPS) is 13.2. The fourth-order valence-electron chi connectivity index (χ4n) is 0.832.